The molecule has 4 N–H and O–H groups in total. The number of allylic oxidation sites excluding steroid dienone is 1. The van der Waals surface area contributed by atoms with Crippen molar-refractivity contribution in [3.05, 3.63) is 34.0 Å². The van der Waals surface area contributed by atoms with Gasteiger partial charge in [0.2, 0.25) is 5.91 Å². The quantitative estimate of drug-likeness (QED) is 0.132. The maximum atomic E-state index is 13.0. The third-order valence-corrected chi connectivity index (χ3v) is 8.39. The fourth-order valence-electron chi connectivity index (χ4n) is 4.42. The number of amides is 3. The third kappa shape index (κ3) is 5.15. The van der Waals surface area contributed by atoms with Gasteiger partial charge in [0.15, 0.2) is 10.8 Å². The second kappa shape index (κ2) is 10.2. The van der Waals surface area contributed by atoms with Gasteiger partial charge in [-0.15, -0.1) is 23.1 Å². The molecule has 3 aliphatic heterocycles. The highest BCUT2D eigenvalue weighted by molar-refractivity contribution is 8.00. The number of nitrogens with one attached hydrogen (secondary N) is 1. The van der Waals surface area contributed by atoms with E-state index in [-0.39, 0.29) is 39.8 Å². The summed E-state index contributed by atoms with van der Waals surface area (Å²) in [7, 11) is 0. The number of halogens is 3. The third-order valence-electron chi connectivity index (χ3n) is 6.41. The highest BCUT2D eigenvalue weighted by atomic mass is 32.2. The van der Waals surface area contributed by atoms with Crippen LogP contribution in [0, 0.1) is 0 Å². The number of carbonyl (C=O) groups is 5. The Bertz CT molecular complexity index is 1420. The Morgan fingerprint density at radius 3 is 2.60 bits per heavy atom. The van der Waals surface area contributed by atoms with Crippen LogP contribution in [0.15, 0.2) is 33.5 Å². The molecule has 3 amide bonds. The van der Waals surface area contributed by atoms with Crippen LogP contribution in [0.3, 0.4) is 0 Å². The molecule has 4 heterocycles. The van der Waals surface area contributed by atoms with E-state index in [1.54, 1.807) is 4.90 Å². The van der Waals surface area contributed by atoms with Gasteiger partial charge in [-0.3, -0.25) is 19.3 Å². The van der Waals surface area contributed by atoms with Gasteiger partial charge in [0.25, 0.3) is 11.8 Å². The first-order chi connectivity index (χ1) is 18.9. The van der Waals surface area contributed by atoms with Crippen LogP contribution in [0.4, 0.5) is 18.3 Å². The minimum atomic E-state index is -5.39. The van der Waals surface area contributed by atoms with Crippen LogP contribution in [-0.2, 0) is 28.8 Å². The lowest BCUT2D eigenvalue weighted by atomic mass is 10.0. The lowest BCUT2D eigenvalue weighted by Crippen LogP contribution is -2.71. The molecule has 0 unspecified atom stereocenters. The molecular formula is C22H19F3N6O7S2. The Hall–Kier alpha value is -3.93. The van der Waals surface area contributed by atoms with Crippen molar-refractivity contribution in [2.24, 2.45) is 5.16 Å². The number of likely N-dealkylation sites (tertiary alicyclic amines) is 1. The molecule has 40 heavy (non-hydrogen) atoms. The molecule has 2 atom stereocenters. The standard InChI is InChI=1S/C22H19F3N6O7S2/c23-22(24,25)20(37)38-29-12(11-7-40-21(26)27-11)15(32)28-13-17(34)31-14(19(35)36)9(6-39-18(13)31)5-8-3-4-30(16(8)33)10-1-2-10/h5,7,10,13,18H,1-4,6H2,(H2,26,27)(H,28,32)(H,35,36)/b8-5+,29-12-/t13-,18-/m1/s1. The van der Waals surface area contributed by atoms with Crippen LogP contribution in [0.25, 0.3) is 0 Å². The second-order valence-electron chi connectivity index (χ2n) is 9.08. The lowest BCUT2D eigenvalue weighted by molar-refractivity contribution is -0.199. The molecule has 13 nitrogen and oxygen atoms in total. The van der Waals surface area contributed by atoms with E-state index in [2.05, 4.69) is 20.3 Å². The normalized spacial score (nSPS) is 24.3. The number of fused-ring (bicyclic) bond motifs is 1. The first-order valence-electron chi connectivity index (χ1n) is 11.7. The fourth-order valence-corrected chi connectivity index (χ4v) is 6.27. The van der Waals surface area contributed by atoms with Crippen molar-refractivity contribution in [1.29, 1.82) is 0 Å². The molecule has 1 aromatic rings. The van der Waals surface area contributed by atoms with E-state index in [1.807, 2.05) is 0 Å². The SMILES string of the molecule is Nc1nc(/C(=N/OC(=O)C(F)(F)F)C(=O)N[C@@H]2C(=O)N3C(C(=O)O)=C(/C=C4\CCN(C5CC5)C4=O)CS[C@H]23)cs1. The minimum absolute atomic E-state index is 0.0646. The zero-order valence-corrected chi connectivity index (χ0v) is 21.8. The number of hydrogen-bond acceptors (Lipinski definition) is 11. The predicted molar refractivity (Wildman–Crippen MR) is 132 cm³/mol. The highest BCUT2D eigenvalue weighted by Crippen LogP contribution is 2.42. The van der Waals surface area contributed by atoms with E-state index in [9.17, 15) is 42.3 Å². The Kier molecular flexibility index (Phi) is 7.07. The van der Waals surface area contributed by atoms with Crippen molar-refractivity contribution in [3.63, 3.8) is 0 Å². The number of nitrogen functional groups attached to an aromatic ring is 1. The number of carboxylic acids is 1. The number of aromatic nitrogens is 1. The largest absolute Gasteiger partial charge is 0.493 e. The number of hydrogen-bond donors (Lipinski definition) is 3. The molecule has 0 aromatic carbocycles. The van der Waals surface area contributed by atoms with Crippen LogP contribution >= 0.6 is 23.1 Å². The van der Waals surface area contributed by atoms with Gasteiger partial charge in [-0.25, -0.2) is 14.6 Å². The molecule has 0 bridgehead atoms. The fraction of sp³-hybridized carbons (Fsp3) is 0.409. The number of alkyl halides is 3. The Labute approximate surface area is 230 Å². The van der Waals surface area contributed by atoms with Gasteiger partial charge in [-0.2, -0.15) is 13.2 Å². The van der Waals surface area contributed by atoms with Gasteiger partial charge >= 0.3 is 18.1 Å². The second-order valence-corrected chi connectivity index (χ2v) is 11.1. The maximum Gasteiger partial charge on any atom is 0.493 e. The first kappa shape index (κ1) is 27.6. The molecule has 3 fully saturated rings. The topological polar surface area (TPSA) is 185 Å². The number of nitrogens with zero attached hydrogens (tertiary/aromatic N) is 4. The molecule has 5 rings (SSSR count). The number of anilines is 1. The van der Waals surface area contributed by atoms with Crippen LogP contribution in [0.1, 0.15) is 25.0 Å². The van der Waals surface area contributed by atoms with Gasteiger partial charge < -0.3 is 25.9 Å². The van der Waals surface area contributed by atoms with Crippen LogP contribution in [-0.4, -0.2) is 91.2 Å². The van der Waals surface area contributed by atoms with Gasteiger partial charge in [-0.1, -0.05) is 5.16 Å². The molecular weight excluding hydrogens is 581 g/mol. The van der Waals surface area contributed by atoms with E-state index in [0.29, 0.717) is 18.5 Å². The van der Waals surface area contributed by atoms with Crippen molar-refractivity contribution in [1.82, 2.24) is 20.1 Å². The van der Waals surface area contributed by atoms with E-state index >= 15 is 0 Å². The molecule has 212 valence electrons. The summed E-state index contributed by atoms with van der Waals surface area (Å²) < 4.78 is 37.6. The molecule has 0 spiro atoms. The smallest absolute Gasteiger partial charge is 0.477 e. The van der Waals surface area contributed by atoms with Crippen molar-refractivity contribution in [3.8, 4) is 0 Å². The number of β-lactam (4-membered cyclic amide) rings is 1. The summed E-state index contributed by atoms with van der Waals surface area (Å²) in [5.74, 6) is -6.15. The number of nitrogens with two attached hydrogens (primary N) is 1. The summed E-state index contributed by atoms with van der Waals surface area (Å²) in [6.45, 7) is 0.546. The zero-order chi connectivity index (χ0) is 28.9. The number of carboxylic acid groups (broad SMARTS) is 1. The number of aliphatic carboxylic acids is 1. The van der Waals surface area contributed by atoms with Gasteiger partial charge in [-0.05, 0) is 30.9 Å². The highest BCUT2D eigenvalue weighted by Gasteiger charge is 2.54. The van der Waals surface area contributed by atoms with Gasteiger partial charge in [0, 0.05) is 29.3 Å². The number of oxime groups is 1. The zero-order valence-electron chi connectivity index (χ0n) is 20.1. The Morgan fingerprint density at radius 1 is 1.27 bits per heavy atom. The van der Waals surface area contributed by atoms with Crippen LogP contribution in [0.5, 0.6) is 0 Å². The first-order valence-corrected chi connectivity index (χ1v) is 13.6. The molecule has 4 aliphatic rings. The summed E-state index contributed by atoms with van der Waals surface area (Å²) >= 11 is 1.95. The summed E-state index contributed by atoms with van der Waals surface area (Å²) in [6, 6.07) is -1.07. The van der Waals surface area contributed by atoms with E-state index in [4.69, 9.17) is 5.73 Å². The van der Waals surface area contributed by atoms with Crippen molar-refractivity contribution in [2.75, 3.05) is 18.0 Å². The van der Waals surface area contributed by atoms with Crippen molar-refractivity contribution >= 4 is 63.6 Å². The molecule has 1 aromatic heterocycles. The van der Waals surface area contributed by atoms with E-state index in [1.165, 1.54) is 11.5 Å². The minimum Gasteiger partial charge on any atom is -0.477 e. The number of carbonyl (C=O) groups excluding carboxylic acids is 4. The molecule has 18 heteroatoms. The van der Waals surface area contributed by atoms with Crippen molar-refractivity contribution < 1.29 is 47.1 Å². The van der Waals surface area contributed by atoms with E-state index < -0.39 is 47.1 Å². The Morgan fingerprint density at radius 2 is 2.00 bits per heavy atom. The average Bonchev–Trinajstić information content (AvgIpc) is 3.54. The Balaban J connectivity index is 1.35. The predicted octanol–water partition coefficient (Wildman–Crippen LogP) is 0.595. The number of thiazole rings is 1. The molecule has 2 saturated heterocycles. The number of thioether (sulfide) groups is 1. The monoisotopic (exact) mass is 600 g/mol. The lowest BCUT2D eigenvalue weighted by Gasteiger charge is -2.49. The summed E-state index contributed by atoms with van der Waals surface area (Å²) in [4.78, 5) is 72.2. The van der Waals surface area contributed by atoms with E-state index in [0.717, 1.165) is 40.8 Å². The van der Waals surface area contributed by atoms with Gasteiger partial charge in [0.05, 0.1) is 0 Å². The number of rotatable bonds is 7. The molecule has 1 saturated carbocycles. The van der Waals surface area contributed by atoms with Crippen LogP contribution in [0.2, 0.25) is 0 Å². The summed E-state index contributed by atoms with van der Waals surface area (Å²) in [5.41, 5.74) is 4.75. The van der Waals surface area contributed by atoms with Crippen molar-refractivity contribution in [2.45, 2.75) is 42.9 Å². The molecule has 1 aliphatic carbocycles. The van der Waals surface area contributed by atoms with Crippen LogP contribution < -0.4 is 11.1 Å². The summed E-state index contributed by atoms with van der Waals surface area (Å²) in [6.07, 6.45) is -1.57. The summed E-state index contributed by atoms with van der Waals surface area (Å²) in [5, 5.41) is 15.4. The molecule has 0 radical (unpaired) electrons. The van der Waals surface area contributed by atoms with Gasteiger partial charge in [0.1, 0.15) is 22.8 Å². The average molecular weight is 601 g/mol. The maximum absolute atomic E-state index is 13.0.